The van der Waals surface area contributed by atoms with Crippen molar-refractivity contribution < 1.29 is 28.9 Å². The van der Waals surface area contributed by atoms with Crippen LogP contribution in [0.4, 0.5) is 10.5 Å². The van der Waals surface area contributed by atoms with Gasteiger partial charge in [0.15, 0.2) is 5.75 Å². The van der Waals surface area contributed by atoms with Gasteiger partial charge in [-0.2, -0.15) is 0 Å². The van der Waals surface area contributed by atoms with Crippen molar-refractivity contribution in [3.63, 3.8) is 0 Å². The molecule has 1 unspecified atom stereocenters. The van der Waals surface area contributed by atoms with Crippen molar-refractivity contribution >= 4 is 17.7 Å². The molecule has 1 aliphatic rings. The van der Waals surface area contributed by atoms with Crippen molar-refractivity contribution in [1.29, 1.82) is 0 Å². The second-order valence-electron chi connectivity index (χ2n) is 6.58. The van der Waals surface area contributed by atoms with Gasteiger partial charge in [0.2, 0.25) is 5.91 Å². The lowest BCUT2D eigenvalue weighted by atomic mass is 10.0. The summed E-state index contributed by atoms with van der Waals surface area (Å²) in [6, 6.07) is 12.6. The fourth-order valence-corrected chi connectivity index (χ4v) is 3.20. The summed E-state index contributed by atoms with van der Waals surface area (Å²) in [5, 5.41) is 12.0. The Labute approximate surface area is 169 Å². The molecule has 1 saturated heterocycles. The predicted molar refractivity (Wildman–Crippen MR) is 106 cm³/mol. The monoisotopic (exact) mass is 400 g/mol. The van der Waals surface area contributed by atoms with Gasteiger partial charge in [-0.05, 0) is 17.7 Å². The fourth-order valence-electron chi connectivity index (χ4n) is 3.20. The van der Waals surface area contributed by atoms with Crippen LogP contribution in [0.5, 0.6) is 11.5 Å². The molecule has 1 heterocycles. The standard InChI is InChI=1S/C21H24N2O6/c1-27-17-9-8-15(11-23-16(12-24)10-18(23)25)20(28-2)19(17)22-21(26)29-13-14-6-4-3-5-7-14/h3-9,16,24H,10-13H2,1-2H3,(H,22,26). The first-order valence-electron chi connectivity index (χ1n) is 9.19. The number of hydrogen-bond acceptors (Lipinski definition) is 6. The lowest BCUT2D eigenvalue weighted by molar-refractivity contribution is -0.149. The first kappa shape index (κ1) is 20.5. The molecule has 1 aliphatic heterocycles. The molecule has 3 rings (SSSR count). The summed E-state index contributed by atoms with van der Waals surface area (Å²) in [6.45, 7) is 0.281. The summed E-state index contributed by atoms with van der Waals surface area (Å²) in [7, 11) is 2.95. The summed E-state index contributed by atoms with van der Waals surface area (Å²) < 4.78 is 16.1. The van der Waals surface area contributed by atoms with Crippen LogP contribution in [0.15, 0.2) is 42.5 Å². The molecule has 8 nitrogen and oxygen atoms in total. The van der Waals surface area contributed by atoms with Gasteiger partial charge in [0.25, 0.3) is 0 Å². The van der Waals surface area contributed by atoms with E-state index >= 15 is 0 Å². The Morgan fingerprint density at radius 1 is 1.17 bits per heavy atom. The smallest absolute Gasteiger partial charge is 0.412 e. The molecule has 154 valence electrons. The summed E-state index contributed by atoms with van der Waals surface area (Å²) in [4.78, 5) is 25.8. The molecule has 1 fully saturated rings. The topological polar surface area (TPSA) is 97.3 Å². The molecule has 2 N–H and O–H groups in total. The number of benzene rings is 2. The number of carbonyl (C=O) groups excluding carboxylic acids is 2. The van der Waals surface area contributed by atoms with Crippen LogP contribution in [0.2, 0.25) is 0 Å². The van der Waals surface area contributed by atoms with E-state index in [9.17, 15) is 14.7 Å². The third kappa shape index (κ3) is 4.60. The van der Waals surface area contributed by atoms with Crippen molar-refractivity contribution in [2.75, 3.05) is 26.1 Å². The molecule has 0 saturated carbocycles. The third-order valence-corrected chi connectivity index (χ3v) is 4.79. The zero-order valence-corrected chi connectivity index (χ0v) is 16.4. The van der Waals surface area contributed by atoms with Crippen molar-refractivity contribution in [1.82, 2.24) is 4.90 Å². The maximum atomic E-state index is 12.3. The van der Waals surface area contributed by atoms with E-state index in [4.69, 9.17) is 14.2 Å². The fraction of sp³-hybridized carbons (Fsp3) is 0.333. The SMILES string of the molecule is COc1ccc(CN2C(=O)CC2CO)c(OC)c1NC(=O)OCc1ccccc1. The van der Waals surface area contributed by atoms with Crippen LogP contribution in [0.1, 0.15) is 17.5 Å². The van der Waals surface area contributed by atoms with E-state index in [1.54, 1.807) is 17.0 Å². The van der Waals surface area contributed by atoms with E-state index < -0.39 is 6.09 Å². The molecule has 1 atom stereocenters. The highest BCUT2D eigenvalue weighted by Crippen LogP contribution is 2.39. The number of hydrogen-bond donors (Lipinski definition) is 2. The Balaban J connectivity index is 1.77. The number of methoxy groups -OCH3 is 2. The van der Waals surface area contributed by atoms with Crippen LogP contribution >= 0.6 is 0 Å². The number of anilines is 1. The second-order valence-corrected chi connectivity index (χ2v) is 6.58. The summed E-state index contributed by atoms with van der Waals surface area (Å²) >= 11 is 0. The Morgan fingerprint density at radius 2 is 1.93 bits per heavy atom. The van der Waals surface area contributed by atoms with Gasteiger partial charge in [0, 0.05) is 18.5 Å². The predicted octanol–water partition coefficient (Wildman–Crippen LogP) is 2.55. The minimum atomic E-state index is -0.657. The average molecular weight is 400 g/mol. The van der Waals surface area contributed by atoms with Gasteiger partial charge in [-0.15, -0.1) is 0 Å². The third-order valence-electron chi connectivity index (χ3n) is 4.79. The van der Waals surface area contributed by atoms with Crippen molar-refractivity contribution in [2.24, 2.45) is 0 Å². The molecule has 29 heavy (non-hydrogen) atoms. The van der Waals surface area contributed by atoms with Gasteiger partial charge in [-0.3, -0.25) is 10.1 Å². The Morgan fingerprint density at radius 3 is 2.55 bits per heavy atom. The quantitative estimate of drug-likeness (QED) is 0.661. The van der Waals surface area contributed by atoms with Crippen molar-refractivity contribution in [3.05, 3.63) is 53.6 Å². The van der Waals surface area contributed by atoms with Crippen molar-refractivity contribution in [2.45, 2.75) is 25.6 Å². The second kappa shape index (κ2) is 9.29. The molecular weight excluding hydrogens is 376 g/mol. The highest BCUT2D eigenvalue weighted by atomic mass is 16.5. The van der Waals surface area contributed by atoms with Gasteiger partial charge < -0.3 is 24.2 Å². The number of aliphatic hydroxyl groups is 1. The molecule has 2 amide bonds. The lowest BCUT2D eigenvalue weighted by Gasteiger charge is -2.39. The molecule has 0 radical (unpaired) electrons. The molecule has 2 aromatic carbocycles. The van der Waals surface area contributed by atoms with E-state index in [0.29, 0.717) is 29.2 Å². The van der Waals surface area contributed by atoms with E-state index in [1.807, 2.05) is 30.3 Å². The number of ether oxygens (including phenoxy) is 3. The Bertz CT molecular complexity index is 871. The van der Waals surface area contributed by atoms with Gasteiger partial charge >= 0.3 is 6.09 Å². The van der Waals surface area contributed by atoms with E-state index in [2.05, 4.69) is 5.32 Å². The summed E-state index contributed by atoms with van der Waals surface area (Å²) in [6.07, 6.45) is -0.331. The van der Waals surface area contributed by atoms with Crippen LogP contribution in [-0.2, 0) is 22.7 Å². The highest BCUT2D eigenvalue weighted by molar-refractivity contribution is 5.90. The van der Waals surface area contributed by atoms with Crippen LogP contribution in [0.3, 0.4) is 0 Å². The molecule has 0 bridgehead atoms. The van der Waals surface area contributed by atoms with Gasteiger partial charge in [0.1, 0.15) is 18.0 Å². The number of amides is 2. The number of nitrogens with zero attached hydrogens (tertiary/aromatic N) is 1. The van der Waals surface area contributed by atoms with E-state index in [0.717, 1.165) is 5.56 Å². The van der Waals surface area contributed by atoms with Crippen LogP contribution in [0, 0.1) is 0 Å². The van der Waals surface area contributed by atoms with Crippen LogP contribution in [-0.4, -0.2) is 48.9 Å². The maximum Gasteiger partial charge on any atom is 0.412 e. The van der Waals surface area contributed by atoms with Gasteiger partial charge in [-0.1, -0.05) is 30.3 Å². The first-order chi connectivity index (χ1) is 14.1. The molecular formula is C21H24N2O6. The molecule has 8 heteroatoms. The normalized spacial score (nSPS) is 15.5. The zero-order chi connectivity index (χ0) is 20.8. The van der Waals surface area contributed by atoms with Crippen molar-refractivity contribution in [3.8, 4) is 11.5 Å². The van der Waals surface area contributed by atoms with Gasteiger partial charge in [0.05, 0.1) is 26.9 Å². The Hall–Kier alpha value is -3.26. The van der Waals surface area contributed by atoms with Gasteiger partial charge in [-0.25, -0.2) is 4.79 Å². The zero-order valence-electron chi connectivity index (χ0n) is 16.4. The summed E-state index contributed by atoms with van der Waals surface area (Å²) in [5.41, 5.74) is 1.86. The highest BCUT2D eigenvalue weighted by Gasteiger charge is 2.36. The minimum absolute atomic E-state index is 0.0429. The van der Waals surface area contributed by atoms with E-state index in [-0.39, 0.29) is 31.7 Å². The lowest BCUT2D eigenvalue weighted by Crippen LogP contribution is -2.53. The average Bonchev–Trinajstić information content (AvgIpc) is 2.75. The number of aliphatic hydroxyl groups excluding tert-OH is 1. The number of nitrogens with one attached hydrogen (secondary N) is 1. The number of β-lactam (4-membered cyclic amide) rings is 1. The van der Waals surface area contributed by atoms with Crippen LogP contribution < -0.4 is 14.8 Å². The molecule has 0 spiro atoms. The first-order valence-corrected chi connectivity index (χ1v) is 9.19. The number of rotatable bonds is 8. The summed E-state index contributed by atoms with van der Waals surface area (Å²) in [5.74, 6) is 0.729. The Kier molecular flexibility index (Phi) is 6.56. The number of carbonyl (C=O) groups is 2. The largest absolute Gasteiger partial charge is 0.494 e. The number of likely N-dealkylation sites (tertiary alicyclic amines) is 1. The molecule has 2 aromatic rings. The van der Waals surface area contributed by atoms with E-state index in [1.165, 1.54) is 14.2 Å². The molecule has 0 aliphatic carbocycles. The maximum absolute atomic E-state index is 12.3. The van der Waals surface area contributed by atoms with Crippen LogP contribution in [0.25, 0.3) is 0 Å². The molecule has 0 aromatic heterocycles. The minimum Gasteiger partial charge on any atom is -0.494 e.